The van der Waals surface area contributed by atoms with Crippen molar-refractivity contribution in [2.45, 2.75) is 25.8 Å². The van der Waals surface area contributed by atoms with Crippen molar-refractivity contribution in [1.29, 1.82) is 0 Å². The maximum absolute atomic E-state index is 12.7. The maximum atomic E-state index is 12.7. The summed E-state index contributed by atoms with van der Waals surface area (Å²) in [6.45, 7) is 3.03. The molecule has 134 valence electrons. The van der Waals surface area contributed by atoms with E-state index in [2.05, 4.69) is 15.4 Å². The molecule has 3 aromatic rings. The molecular formula is C18H19N5O3. The summed E-state index contributed by atoms with van der Waals surface area (Å²) < 4.78 is 6.78. The Hall–Kier alpha value is -3.16. The number of aryl methyl sites for hydroxylation is 1. The molecule has 0 radical (unpaired) electrons. The summed E-state index contributed by atoms with van der Waals surface area (Å²) in [6, 6.07) is 3.23. The molecule has 1 fully saturated rings. The van der Waals surface area contributed by atoms with Gasteiger partial charge in [-0.15, -0.1) is 0 Å². The highest BCUT2D eigenvalue weighted by atomic mass is 16.3. The summed E-state index contributed by atoms with van der Waals surface area (Å²) in [5, 5.41) is 7.19. The smallest absolute Gasteiger partial charge is 0.289 e. The molecule has 3 aromatic heterocycles. The van der Waals surface area contributed by atoms with Crippen LogP contribution in [0.25, 0.3) is 5.65 Å². The van der Waals surface area contributed by atoms with Crippen LogP contribution in [-0.2, 0) is 0 Å². The number of likely N-dealkylation sites (tertiary alicyclic amines) is 1. The minimum absolute atomic E-state index is 0.115. The lowest BCUT2D eigenvalue weighted by atomic mass is 10.0. The van der Waals surface area contributed by atoms with E-state index in [1.54, 1.807) is 27.7 Å². The van der Waals surface area contributed by atoms with Gasteiger partial charge in [-0.1, -0.05) is 0 Å². The lowest BCUT2D eigenvalue weighted by molar-refractivity contribution is 0.0647. The van der Waals surface area contributed by atoms with Gasteiger partial charge in [0.1, 0.15) is 5.56 Å². The Bertz CT molecular complexity index is 947. The molecule has 0 bridgehead atoms. The zero-order chi connectivity index (χ0) is 18.1. The molecule has 26 heavy (non-hydrogen) atoms. The van der Waals surface area contributed by atoms with Gasteiger partial charge in [0, 0.05) is 31.5 Å². The Balaban J connectivity index is 1.46. The fraction of sp³-hybridized carbons (Fsp3) is 0.333. The SMILES string of the molecule is Cc1cnc2c(C(=O)N[C@H]3CCCN(C(=O)c4ccco4)C3)cnn2c1. The second-order valence-electron chi connectivity index (χ2n) is 6.50. The number of nitrogens with one attached hydrogen (secondary N) is 1. The lowest BCUT2D eigenvalue weighted by Gasteiger charge is -2.32. The van der Waals surface area contributed by atoms with Crippen molar-refractivity contribution in [3.63, 3.8) is 0 Å². The Kier molecular flexibility index (Phi) is 4.16. The van der Waals surface area contributed by atoms with Crippen LogP contribution >= 0.6 is 0 Å². The van der Waals surface area contributed by atoms with Gasteiger partial charge in [-0.25, -0.2) is 9.50 Å². The fourth-order valence-corrected chi connectivity index (χ4v) is 3.23. The molecule has 8 heteroatoms. The van der Waals surface area contributed by atoms with Crippen molar-refractivity contribution in [3.8, 4) is 0 Å². The summed E-state index contributed by atoms with van der Waals surface area (Å²) >= 11 is 0. The first-order chi connectivity index (χ1) is 12.6. The highest BCUT2D eigenvalue weighted by molar-refractivity contribution is 5.99. The molecule has 1 saturated heterocycles. The van der Waals surface area contributed by atoms with Gasteiger partial charge in [0.25, 0.3) is 11.8 Å². The van der Waals surface area contributed by atoms with Crippen LogP contribution in [0.2, 0.25) is 0 Å². The Labute approximate surface area is 149 Å². The topological polar surface area (TPSA) is 92.7 Å². The van der Waals surface area contributed by atoms with Crippen LogP contribution in [0.3, 0.4) is 0 Å². The number of rotatable bonds is 3. The number of amides is 2. The molecule has 0 aliphatic carbocycles. The summed E-state index contributed by atoms with van der Waals surface area (Å²) in [7, 11) is 0. The average Bonchev–Trinajstić information content (AvgIpc) is 3.30. The summed E-state index contributed by atoms with van der Waals surface area (Å²) in [5.74, 6) is -0.0603. The van der Waals surface area contributed by atoms with E-state index in [0.29, 0.717) is 30.1 Å². The fourth-order valence-electron chi connectivity index (χ4n) is 3.23. The molecule has 4 heterocycles. The van der Waals surface area contributed by atoms with Crippen molar-refractivity contribution < 1.29 is 14.0 Å². The number of aromatic nitrogens is 3. The minimum atomic E-state index is -0.228. The van der Waals surface area contributed by atoms with Gasteiger partial charge in [-0.3, -0.25) is 9.59 Å². The standard InChI is InChI=1S/C18H19N5O3/c1-12-8-19-16-14(9-20-23(16)10-12)17(24)21-13-4-2-6-22(11-13)18(25)15-5-3-7-26-15/h3,5,7-10,13H,2,4,6,11H2,1H3,(H,21,24)/t13-/m0/s1. The zero-order valence-electron chi connectivity index (χ0n) is 14.4. The molecule has 1 N–H and O–H groups in total. The molecule has 0 unspecified atom stereocenters. The monoisotopic (exact) mass is 353 g/mol. The average molecular weight is 353 g/mol. The lowest BCUT2D eigenvalue weighted by Crippen LogP contribution is -2.49. The number of piperidine rings is 1. The number of carbonyl (C=O) groups is 2. The predicted molar refractivity (Wildman–Crippen MR) is 92.8 cm³/mol. The normalized spacial score (nSPS) is 17.4. The molecule has 8 nitrogen and oxygen atoms in total. The molecule has 0 aromatic carbocycles. The van der Waals surface area contributed by atoms with E-state index in [1.807, 2.05) is 13.1 Å². The quantitative estimate of drug-likeness (QED) is 0.773. The number of nitrogens with zero attached hydrogens (tertiary/aromatic N) is 4. The Morgan fingerprint density at radius 2 is 2.23 bits per heavy atom. The number of hydrogen-bond donors (Lipinski definition) is 1. The molecular weight excluding hydrogens is 334 g/mol. The van der Waals surface area contributed by atoms with Crippen molar-refractivity contribution in [1.82, 2.24) is 24.8 Å². The van der Waals surface area contributed by atoms with Crippen molar-refractivity contribution >= 4 is 17.5 Å². The maximum Gasteiger partial charge on any atom is 0.289 e. The van der Waals surface area contributed by atoms with Gasteiger partial charge in [0.05, 0.1) is 12.5 Å². The second kappa shape index (κ2) is 6.62. The van der Waals surface area contributed by atoms with Gasteiger partial charge in [0.15, 0.2) is 11.4 Å². The molecule has 1 aliphatic rings. The van der Waals surface area contributed by atoms with E-state index < -0.39 is 0 Å². The molecule has 4 rings (SSSR count). The number of furan rings is 1. The highest BCUT2D eigenvalue weighted by Crippen LogP contribution is 2.16. The van der Waals surface area contributed by atoms with Crippen molar-refractivity contribution in [3.05, 3.63) is 53.9 Å². The van der Waals surface area contributed by atoms with Crippen LogP contribution in [0.4, 0.5) is 0 Å². The van der Waals surface area contributed by atoms with Crippen LogP contribution < -0.4 is 5.32 Å². The summed E-state index contributed by atoms with van der Waals surface area (Å²) in [4.78, 5) is 31.1. The number of hydrogen-bond acceptors (Lipinski definition) is 5. The van der Waals surface area contributed by atoms with Crippen LogP contribution in [0.1, 0.15) is 39.3 Å². The van der Waals surface area contributed by atoms with Crippen LogP contribution in [-0.4, -0.2) is 50.4 Å². The van der Waals surface area contributed by atoms with Gasteiger partial charge in [-0.2, -0.15) is 5.10 Å². The molecule has 0 spiro atoms. The van der Waals surface area contributed by atoms with Crippen molar-refractivity contribution in [2.24, 2.45) is 0 Å². The third-order valence-corrected chi connectivity index (χ3v) is 4.51. The first-order valence-corrected chi connectivity index (χ1v) is 8.55. The summed E-state index contributed by atoms with van der Waals surface area (Å²) in [6.07, 6.45) is 8.17. The largest absolute Gasteiger partial charge is 0.459 e. The number of carbonyl (C=O) groups excluding carboxylic acids is 2. The van der Waals surface area contributed by atoms with Gasteiger partial charge in [0.2, 0.25) is 0 Å². The molecule has 0 saturated carbocycles. The number of fused-ring (bicyclic) bond motifs is 1. The van der Waals surface area contributed by atoms with Gasteiger partial charge < -0.3 is 14.6 Å². The highest BCUT2D eigenvalue weighted by Gasteiger charge is 2.27. The van der Waals surface area contributed by atoms with Crippen molar-refractivity contribution in [2.75, 3.05) is 13.1 Å². The van der Waals surface area contributed by atoms with Gasteiger partial charge in [-0.05, 0) is 37.5 Å². The van der Waals surface area contributed by atoms with E-state index in [1.165, 1.54) is 12.5 Å². The third kappa shape index (κ3) is 3.05. The second-order valence-corrected chi connectivity index (χ2v) is 6.50. The first kappa shape index (κ1) is 16.3. The van der Waals surface area contributed by atoms with Crippen LogP contribution in [0, 0.1) is 6.92 Å². The Morgan fingerprint density at radius 1 is 1.35 bits per heavy atom. The van der Waals surface area contributed by atoms with E-state index in [4.69, 9.17) is 4.42 Å². The van der Waals surface area contributed by atoms with E-state index >= 15 is 0 Å². The molecule has 2 amide bonds. The molecule has 1 aliphatic heterocycles. The minimum Gasteiger partial charge on any atom is -0.459 e. The zero-order valence-corrected chi connectivity index (χ0v) is 14.4. The van der Waals surface area contributed by atoms with Crippen LogP contribution in [0.15, 0.2) is 41.4 Å². The van der Waals surface area contributed by atoms with E-state index in [0.717, 1.165) is 18.4 Å². The first-order valence-electron chi connectivity index (χ1n) is 8.55. The Morgan fingerprint density at radius 3 is 3.04 bits per heavy atom. The molecule has 1 atom stereocenters. The predicted octanol–water partition coefficient (Wildman–Crippen LogP) is 1.67. The van der Waals surface area contributed by atoms with E-state index in [-0.39, 0.29) is 17.9 Å². The van der Waals surface area contributed by atoms with Crippen LogP contribution in [0.5, 0.6) is 0 Å². The van der Waals surface area contributed by atoms with E-state index in [9.17, 15) is 9.59 Å². The third-order valence-electron chi connectivity index (χ3n) is 4.51. The summed E-state index contributed by atoms with van der Waals surface area (Å²) in [5.41, 5.74) is 1.92. The van der Waals surface area contributed by atoms with Gasteiger partial charge >= 0.3 is 0 Å².